The summed E-state index contributed by atoms with van der Waals surface area (Å²) >= 11 is 0. The lowest BCUT2D eigenvalue weighted by Crippen LogP contribution is -2.42. The molecule has 0 N–H and O–H groups in total. The highest BCUT2D eigenvalue weighted by atomic mass is 16.5. The van der Waals surface area contributed by atoms with Crippen LogP contribution in [0.4, 0.5) is 0 Å². The van der Waals surface area contributed by atoms with Gasteiger partial charge in [-0.25, -0.2) is 0 Å². The summed E-state index contributed by atoms with van der Waals surface area (Å²) < 4.78 is 10.7. The van der Waals surface area contributed by atoms with E-state index in [-0.39, 0.29) is 17.7 Å². The van der Waals surface area contributed by atoms with Crippen LogP contribution in [0.15, 0.2) is 42.5 Å². The van der Waals surface area contributed by atoms with Crippen molar-refractivity contribution in [3.8, 4) is 11.5 Å². The second kappa shape index (κ2) is 8.25. The number of ether oxygens (including phenoxy) is 2. The molecule has 2 heterocycles. The molecule has 2 aliphatic rings. The molecular formula is C23H26N2O4. The average Bonchev–Trinajstić information content (AvgIpc) is 2.99. The number of rotatable bonds is 6. The fourth-order valence-electron chi connectivity index (χ4n) is 4.34. The third kappa shape index (κ3) is 3.85. The Morgan fingerprint density at radius 1 is 0.966 bits per heavy atom. The lowest BCUT2D eigenvalue weighted by Gasteiger charge is -2.34. The van der Waals surface area contributed by atoms with Gasteiger partial charge in [0.05, 0.1) is 25.3 Å². The fraction of sp³-hybridized carbons (Fsp3) is 0.391. The van der Waals surface area contributed by atoms with Crippen LogP contribution in [-0.4, -0.2) is 55.5 Å². The lowest BCUT2D eigenvalue weighted by molar-refractivity contribution is 0.0586. The van der Waals surface area contributed by atoms with Crippen molar-refractivity contribution in [2.45, 2.75) is 19.4 Å². The molecule has 4 rings (SSSR count). The Labute approximate surface area is 171 Å². The second-order valence-corrected chi connectivity index (χ2v) is 7.70. The van der Waals surface area contributed by atoms with E-state index in [0.717, 1.165) is 49.5 Å². The second-order valence-electron chi connectivity index (χ2n) is 7.70. The molecule has 1 fully saturated rings. The molecule has 1 unspecified atom stereocenters. The van der Waals surface area contributed by atoms with Gasteiger partial charge in [-0.3, -0.25) is 19.4 Å². The van der Waals surface area contributed by atoms with Crippen LogP contribution < -0.4 is 9.47 Å². The third-order valence-electron chi connectivity index (χ3n) is 5.78. The van der Waals surface area contributed by atoms with Gasteiger partial charge in [-0.2, -0.15) is 0 Å². The minimum Gasteiger partial charge on any atom is -0.493 e. The van der Waals surface area contributed by atoms with Crippen molar-refractivity contribution in [3.63, 3.8) is 0 Å². The zero-order valence-electron chi connectivity index (χ0n) is 16.9. The topological polar surface area (TPSA) is 59.1 Å². The largest absolute Gasteiger partial charge is 0.493 e. The van der Waals surface area contributed by atoms with Gasteiger partial charge in [-0.1, -0.05) is 18.2 Å². The van der Waals surface area contributed by atoms with Gasteiger partial charge >= 0.3 is 0 Å². The summed E-state index contributed by atoms with van der Waals surface area (Å²) in [5.74, 6) is 1.40. The number of methoxy groups -OCH3 is 2. The molecule has 152 valence electrons. The van der Waals surface area contributed by atoms with Gasteiger partial charge in [0.1, 0.15) is 0 Å². The first kappa shape index (κ1) is 19.5. The van der Waals surface area contributed by atoms with Gasteiger partial charge in [-0.15, -0.1) is 0 Å². The van der Waals surface area contributed by atoms with Crippen molar-refractivity contribution < 1.29 is 19.1 Å². The van der Waals surface area contributed by atoms with Crippen molar-refractivity contribution in [1.82, 2.24) is 9.80 Å². The minimum absolute atomic E-state index is 0.164. The van der Waals surface area contributed by atoms with Gasteiger partial charge < -0.3 is 9.47 Å². The van der Waals surface area contributed by atoms with Crippen molar-refractivity contribution >= 4 is 11.8 Å². The molecule has 2 aromatic carbocycles. The van der Waals surface area contributed by atoms with E-state index in [4.69, 9.17) is 9.47 Å². The molecule has 0 radical (unpaired) electrons. The first-order chi connectivity index (χ1) is 14.1. The van der Waals surface area contributed by atoms with Crippen LogP contribution in [0.25, 0.3) is 0 Å². The van der Waals surface area contributed by atoms with E-state index in [1.807, 2.05) is 12.1 Å². The van der Waals surface area contributed by atoms with Crippen LogP contribution in [0, 0.1) is 5.92 Å². The average molecular weight is 394 g/mol. The number of piperidine rings is 1. The van der Waals surface area contributed by atoms with Crippen LogP contribution >= 0.6 is 0 Å². The smallest absolute Gasteiger partial charge is 0.261 e. The number of amides is 2. The van der Waals surface area contributed by atoms with E-state index < -0.39 is 0 Å². The van der Waals surface area contributed by atoms with Gasteiger partial charge in [0, 0.05) is 19.6 Å². The molecule has 1 atom stereocenters. The Hall–Kier alpha value is -2.86. The molecule has 2 aromatic rings. The standard InChI is InChI=1S/C23H26N2O4/c1-28-20-10-9-16(12-21(20)29-2)13-24-11-5-6-17(14-24)15-25-22(26)18-7-3-4-8-19(18)23(25)27/h3-4,7-10,12,17H,5-6,11,13-15H2,1-2H3. The normalized spacial score (nSPS) is 19.4. The van der Waals surface area contributed by atoms with E-state index in [2.05, 4.69) is 11.0 Å². The van der Waals surface area contributed by atoms with Gasteiger partial charge in [0.25, 0.3) is 11.8 Å². The molecule has 0 saturated carbocycles. The van der Waals surface area contributed by atoms with Gasteiger partial charge in [0.15, 0.2) is 11.5 Å². The van der Waals surface area contributed by atoms with Crippen LogP contribution in [0.2, 0.25) is 0 Å². The van der Waals surface area contributed by atoms with Crippen LogP contribution in [0.3, 0.4) is 0 Å². The first-order valence-electron chi connectivity index (χ1n) is 9.99. The van der Waals surface area contributed by atoms with Crippen LogP contribution in [0.1, 0.15) is 39.1 Å². The maximum Gasteiger partial charge on any atom is 0.261 e. The zero-order valence-corrected chi connectivity index (χ0v) is 16.9. The fourth-order valence-corrected chi connectivity index (χ4v) is 4.34. The van der Waals surface area contributed by atoms with Crippen molar-refractivity contribution in [1.29, 1.82) is 0 Å². The molecule has 0 bridgehead atoms. The maximum atomic E-state index is 12.7. The van der Waals surface area contributed by atoms with E-state index in [9.17, 15) is 9.59 Å². The Balaban J connectivity index is 1.41. The van der Waals surface area contributed by atoms with E-state index in [1.165, 1.54) is 4.90 Å². The summed E-state index contributed by atoms with van der Waals surface area (Å²) in [6, 6.07) is 13.1. The first-order valence-corrected chi connectivity index (χ1v) is 9.99. The Kier molecular flexibility index (Phi) is 5.53. The predicted octanol–water partition coefficient (Wildman–Crippen LogP) is 3.21. The molecular weight excluding hydrogens is 368 g/mol. The summed E-state index contributed by atoms with van der Waals surface area (Å²) in [6.45, 7) is 3.16. The van der Waals surface area contributed by atoms with Gasteiger partial charge in [0.2, 0.25) is 0 Å². The number of benzene rings is 2. The number of carbonyl (C=O) groups excluding carboxylic acids is 2. The molecule has 29 heavy (non-hydrogen) atoms. The van der Waals surface area contributed by atoms with Crippen molar-refractivity contribution in [2.75, 3.05) is 33.9 Å². The molecule has 2 aliphatic heterocycles. The summed E-state index contributed by atoms with van der Waals surface area (Å²) in [5.41, 5.74) is 2.20. The number of hydrogen-bond donors (Lipinski definition) is 0. The molecule has 0 aliphatic carbocycles. The number of likely N-dealkylation sites (tertiary alicyclic amines) is 1. The lowest BCUT2D eigenvalue weighted by atomic mass is 9.97. The number of carbonyl (C=O) groups is 2. The third-order valence-corrected chi connectivity index (χ3v) is 5.78. The molecule has 1 saturated heterocycles. The highest BCUT2D eigenvalue weighted by Crippen LogP contribution is 2.30. The quantitative estimate of drug-likeness (QED) is 0.704. The van der Waals surface area contributed by atoms with E-state index in [0.29, 0.717) is 17.7 Å². The maximum absolute atomic E-state index is 12.7. The summed E-state index contributed by atoms with van der Waals surface area (Å²) in [5, 5.41) is 0. The van der Waals surface area contributed by atoms with E-state index >= 15 is 0 Å². The Morgan fingerprint density at radius 3 is 2.31 bits per heavy atom. The summed E-state index contributed by atoms with van der Waals surface area (Å²) in [7, 11) is 3.27. The highest BCUT2D eigenvalue weighted by molar-refractivity contribution is 6.21. The molecule has 6 nitrogen and oxygen atoms in total. The Morgan fingerprint density at radius 2 is 1.66 bits per heavy atom. The van der Waals surface area contributed by atoms with Crippen molar-refractivity contribution in [3.05, 3.63) is 59.2 Å². The van der Waals surface area contributed by atoms with E-state index in [1.54, 1.807) is 38.5 Å². The summed E-state index contributed by atoms with van der Waals surface area (Å²) in [4.78, 5) is 29.1. The highest BCUT2D eigenvalue weighted by Gasteiger charge is 2.37. The Bertz CT molecular complexity index is 892. The predicted molar refractivity (Wildman–Crippen MR) is 109 cm³/mol. The van der Waals surface area contributed by atoms with Crippen molar-refractivity contribution in [2.24, 2.45) is 5.92 Å². The number of fused-ring (bicyclic) bond motifs is 1. The zero-order chi connectivity index (χ0) is 20.4. The number of nitrogens with zero attached hydrogens (tertiary/aromatic N) is 2. The number of imide groups is 1. The van der Waals surface area contributed by atoms with Gasteiger partial charge in [-0.05, 0) is 55.1 Å². The SMILES string of the molecule is COc1ccc(CN2CCCC(CN3C(=O)c4ccccc4C3=O)C2)cc1OC. The monoisotopic (exact) mass is 394 g/mol. The summed E-state index contributed by atoms with van der Waals surface area (Å²) in [6.07, 6.45) is 2.08. The molecule has 0 aromatic heterocycles. The number of hydrogen-bond acceptors (Lipinski definition) is 5. The van der Waals surface area contributed by atoms with Crippen LogP contribution in [0.5, 0.6) is 11.5 Å². The van der Waals surface area contributed by atoms with Crippen LogP contribution in [-0.2, 0) is 6.54 Å². The minimum atomic E-state index is -0.164. The molecule has 6 heteroatoms. The molecule has 2 amide bonds. The molecule has 0 spiro atoms.